The van der Waals surface area contributed by atoms with E-state index in [0.717, 1.165) is 31.9 Å². The summed E-state index contributed by atoms with van der Waals surface area (Å²) in [6.07, 6.45) is 0. The van der Waals surface area contributed by atoms with Crippen molar-refractivity contribution in [2.75, 3.05) is 19.6 Å². The molecular weight excluding hydrogens is 247 g/mol. The smallest absolute Gasteiger partial charge is 0.204 e. The molecule has 1 aromatic rings. The second kappa shape index (κ2) is 4.92. The molecule has 0 amide bonds. The average molecular weight is 263 g/mol. The fourth-order valence-electron chi connectivity index (χ4n) is 2.01. The topological polar surface area (TPSA) is 33.1 Å². The largest absolute Gasteiger partial charge is 0.319 e. The quantitative estimate of drug-likeness (QED) is 0.878. The van der Waals surface area contributed by atoms with E-state index >= 15 is 0 Å². The molecule has 2 rings (SSSR count). The Hall–Kier alpha value is -0.290. The summed E-state index contributed by atoms with van der Waals surface area (Å²) in [4.78, 5) is 6.41. The fraction of sp³-hybridized carbons (Fsp3) is 0.700. The van der Waals surface area contributed by atoms with E-state index in [2.05, 4.69) is 22.1 Å². The molecule has 1 fully saturated rings. The maximum absolute atomic E-state index is 6.05. The molecule has 0 saturated carbocycles. The number of imidazole rings is 1. The Labute approximate surface area is 106 Å². The summed E-state index contributed by atoms with van der Waals surface area (Å²) in [7, 11) is 1.89. The van der Waals surface area contributed by atoms with Crippen molar-refractivity contribution in [3.63, 3.8) is 0 Å². The molecule has 0 bridgehead atoms. The van der Waals surface area contributed by atoms with E-state index in [-0.39, 0.29) is 0 Å². The van der Waals surface area contributed by atoms with Crippen molar-refractivity contribution in [1.29, 1.82) is 0 Å². The second-order valence-electron chi connectivity index (χ2n) is 4.27. The number of hydrogen-bond acceptors (Lipinski definition) is 3. The first-order valence-corrected chi connectivity index (χ1v) is 6.16. The van der Waals surface area contributed by atoms with E-state index in [1.165, 1.54) is 0 Å². The number of halogens is 2. The molecule has 4 nitrogen and oxygen atoms in total. The van der Waals surface area contributed by atoms with E-state index in [9.17, 15) is 0 Å². The molecule has 90 valence electrons. The van der Waals surface area contributed by atoms with Gasteiger partial charge in [0.25, 0.3) is 0 Å². The molecule has 6 heteroatoms. The molecule has 2 heterocycles. The molecule has 1 saturated heterocycles. The van der Waals surface area contributed by atoms with Gasteiger partial charge in [0.2, 0.25) is 5.28 Å². The third-order valence-corrected chi connectivity index (χ3v) is 3.58. The van der Waals surface area contributed by atoms with Crippen LogP contribution in [0.4, 0.5) is 0 Å². The van der Waals surface area contributed by atoms with Gasteiger partial charge in [0.05, 0.1) is 5.69 Å². The van der Waals surface area contributed by atoms with Gasteiger partial charge >= 0.3 is 0 Å². The number of piperazine rings is 1. The first-order chi connectivity index (χ1) is 7.58. The van der Waals surface area contributed by atoms with Crippen LogP contribution in [0.3, 0.4) is 0 Å². The highest BCUT2D eigenvalue weighted by molar-refractivity contribution is 6.32. The highest BCUT2D eigenvalue weighted by atomic mass is 35.5. The Bertz CT molecular complexity index is 377. The summed E-state index contributed by atoms with van der Waals surface area (Å²) < 4.78 is 1.84. The molecule has 1 aliphatic rings. The second-order valence-corrected chi connectivity index (χ2v) is 4.96. The zero-order chi connectivity index (χ0) is 11.7. The summed E-state index contributed by atoms with van der Waals surface area (Å²) in [5, 5.41) is 4.37. The number of rotatable bonds is 2. The van der Waals surface area contributed by atoms with Gasteiger partial charge in [-0.3, -0.25) is 4.90 Å². The molecule has 16 heavy (non-hydrogen) atoms. The Balaban J connectivity index is 2.08. The molecule has 1 aromatic heterocycles. The molecule has 0 unspecified atom stereocenters. The van der Waals surface area contributed by atoms with Gasteiger partial charge < -0.3 is 9.88 Å². The summed E-state index contributed by atoms with van der Waals surface area (Å²) in [5.74, 6) is 0. The maximum atomic E-state index is 6.05. The fourth-order valence-corrected chi connectivity index (χ4v) is 2.51. The minimum Gasteiger partial charge on any atom is -0.319 e. The van der Waals surface area contributed by atoms with Crippen molar-refractivity contribution in [2.45, 2.75) is 19.5 Å². The summed E-state index contributed by atoms with van der Waals surface area (Å²) in [6.45, 7) is 6.07. The van der Waals surface area contributed by atoms with E-state index in [4.69, 9.17) is 23.2 Å². The van der Waals surface area contributed by atoms with Crippen LogP contribution < -0.4 is 5.32 Å². The zero-order valence-corrected chi connectivity index (χ0v) is 11.0. The zero-order valence-electron chi connectivity index (χ0n) is 9.50. The third kappa shape index (κ3) is 2.51. The van der Waals surface area contributed by atoms with Crippen LogP contribution in [0.5, 0.6) is 0 Å². The van der Waals surface area contributed by atoms with Crippen LogP contribution in [0.2, 0.25) is 10.4 Å². The number of aromatic nitrogens is 2. The third-order valence-electron chi connectivity index (χ3n) is 2.94. The van der Waals surface area contributed by atoms with Crippen molar-refractivity contribution in [3.05, 3.63) is 16.1 Å². The average Bonchev–Trinajstić information content (AvgIpc) is 2.45. The first kappa shape index (κ1) is 12.2. The van der Waals surface area contributed by atoms with Gasteiger partial charge in [0.15, 0.2) is 5.15 Å². The molecule has 0 radical (unpaired) electrons. The summed E-state index contributed by atoms with van der Waals surface area (Å²) in [5.41, 5.74) is 0.987. The standard InChI is InChI=1S/C10H16Cl2N4/c1-7-5-16(4-3-13-7)6-8-9(11)14-10(12)15(8)2/h7,13H,3-6H2,1-2H3/t7-/m1/s1. The lowest BCUT2D eigenvalue weighted by Crippen LogP contribution is -2.48. The highest BCUT2D eigenvalue weighted by Crippen LogP contribution is 2.21. The minimum atomic E-state index is 0.447. The van der Waals surface area contributed by atoms with E-state index in [1.54, 1.807) is 0 Å². The SMILES string of the molecule is C[C@@H]1CN(Cc2c(Cl)nc(Cl)n2C)CCN1. The minimum absolute atomic E-state index is 0.447. The highest BCUT2D eigenvalue weighted by Gasteiger charge is 2.19. The number of hydrogen-bond donors (Lipinski definition) is 1. The van der Waals surface area contributed by atoms with Crippen LogP contribution in [0.15, 0.2) is 0 Å². The van der Waals surface area contributed by atoms with Gasteiger partial charge in [-0.15, -0.1) is 0 Å². The molecule has 1 atom stereocenters. The van der Waals surface area contributed by atoms with Crippen LogP contribution in [0.25, 0.3) is 0 Å². The molecular formula is C10H16Cl2N4. The predicted octanol–water partition coefficient (Wildman–Crippen LogP) is 1.52. The summed E-state index contributed by atoms with van der Waals surface area (Å²) in [6, 6.07) is 0.524. The Morgan fingerprint density at radius 3 is 2.81 bits per heavy atom. The van der Waals surface area contributed by atoms with Crippen LogP contribution in [-0.2, 0) is 13.6 Å². The number of nitrogens with zero attached hydrogens (tertiary/aromatic N) is 3. The van der Waals surface area contributed by atoms with Crippen LogP contribution in [0, 0.1) is 0 Å². The summed E-state index contributed by atoms with van der Waals surface area (Å²) >= 11 is 12.0. The first-order valence-electron chi connectivity index (χ1n) is 5.40. The lowest BCUT2D eigenvalue weighted by molar-refractivity contribution is 0.196. The number of nitrogens with one attached hydrogen (secondary N) is 1. The van der Waals surface area contributed by atoms with E-state index < -0.39 is 0 Å². The van der Waals surface area contributed by atoms with E-state index in [1.807, 2.05) is 11.6 Å². The predicted molar refractivity (Wildman–Crippen MR) is 66.0 cm³/mol. The van der Waals surface area contributed by atoms with Crippen molar-refractivity contribution in [3.8, 4) is 0 Å². The lowest BCUT2D eigenvalue weighted by atomic mass is 10.2. The van der Waals surface area contributed by atoms with Crippen LogP contribution in [-0.4, -0.2) is 40.1 Å². The van der Waals surface area contributed by atoms with Crippen molar-refractivity contribution < 1.29 is 0 Å². The lowest BCUT2D eigenvalue weighted by Gasteiger charge is -2.31. The molecule has 0 spiro atoms. The molecule has 1 aliphatic heterocycles. The van der Waals surface area contributed by atoms with Gasteiger partial charge in [-0.2, -0.15) is 0 Å². The molecule has 1 N–H and O–H groups in total. The Kier molecular flexibility index (Phi) is 3.74. The monoisotopic (exact) mass is 262 g/mol. The molecule has 0 aromatic carbocycles. The van der Waals surface area contributed by atoms with E-state index in [0.29, 0.717) is 16.5 Å². The van der Waals surface area contributed by atoms with Gasteiger partial charge in [-0.25, -0.2) is 4.98 Å². The van der Waals surface area contributed by atoms with Crippen molar-refractivity contribution >= 4 is 23.2 Å². The Morgan fingerprint density at radius 2 is 2.25 bits per heavy atom. The van der Waals surface area contributed by atoms with Gasteiger partial charge in [-0.05, 0) is 18.5 Å². The van der Waals surface area contributed by atoms with Crippen LogP contribution >= 0.6 is 23.2 Å². The Morgan fingerprint density at radius 1 is 1.50 bits per heavy atom. The van der Waals surface area contributed by atoms with Crippen molar-refractivity contribution in [1.82, 2.24) is 19.8 Å². The van der Waals surface area contributed by atoms with Gasteiger partial charge in [0.1, 0.15) is 0 Å². The maximum Gasteiger partial charge on any atom is 0.204 e. The van der Waals surface area contributed by atoms with Gasteiger partial charge in [-0.1, -0.05) is 11.6 Å². The molecule has 0 aliphatic carbocycles. The normalized spacial score (nSPS) is 22.6. The van der Waals surface area contributed by atoms with Crippen molar-refractivity contribution in [2.24, 2.45) is 7.05 Å². The van der Waals surface area contributed by atoms with Gasteiger partial charge in [0, 0.05) is 39.3 Å². The van der Waals surface area contributed by atoms with Crippen LogP contribution in [0.1, 0.15) is 12.6 Å².